The maximum absolute atomic E-state index is 12.9. The summed E-state index contributed by atoms with van der Waals surface area (Å²) < 4.78 is 38.6. The number of aromatic nitrogens is 1. The van der Waals surface area contributed by atoms with Gasteiger partial charge in [-0.2, -0.15) is 13.2 Å². The standard InChI is InChI=1S/C14H12F3N3/c1-8-10(3-2-4-20-8)11-5-9(14(15,16)17)6-13(19)12(11)7-18/h2-7,18H,19H2,1H3. The lowest BCUT2D eigenvalue weighted by Gasteiger charge is -2.15. The van der Waals surface area contributed by atoms with Crippen molar-refractivity contribution >= 4 is 11.9 Å². The second-order valence-electron chi connectivity index (χ2n) is 4.31. The van der Waals surface area contributed by atoms with Crippen LogP contribution in [0.3, 0.4) is 0 Å². The molecule has 2 aromatic rings. The van der Waals surface area contributed by atoms with Crippen LogP contribution in [0.4, 0.5) is 18.9 Å². The third-order valence-corrected chi connectivity index (χ3v) is 2.98. The summed E-state index contributed by atoms with van der Waals surface area (Å²) >= 11 is 0. The van der Waals surface area contributed by atoms with Gasteiger partial charge in [-0.1, -0.05) is 6.07 Å². The summed E-state index contributed by atoms with van der Waals surface area (Å²) in [6.07, 6.45) is -1.98. The minimum absolute atomic E-state index is 0.0759. The van der Waals surface area contributed by atoms with Crippen molar-refractivity contribution in [1.29, 1.82) is 5.41 Å². The van der Waals surface area contributed by atoms with Crippen LogP contribution in [-0.2, 0) is 6.18 Å². The van der Waals surface area contributed by atoms with E-state index in [-0.39, 0.29) is 16.8 Å². The lowest BCUT2D eigenvalue weighted by Crippen LogP contribution is -2.08. The van der Waals surface area contributed by atoms with Crippen LogP contribution >= 0.6 is 0 Å². The number of alkyl halides is 3. The first-order valence-corrected chi connectivity index (χ1v) is 5.77. The summed E-state index contributed by atoms with van der Waals surface area (Å²) in [5.74, 6) is 0. The summed E-state index contributed by atoms with van der Waals surface area (Å²) in [5.41, 5.74) is 6.36. The molecule has 0 fully saturated rings. The fraction of sp³-hybridized carbons (Fsp3) is 0.143. The Kier molecular flexibility index (Phi) is 3.48. The number of benzene rings is 1. The molecule has 1 heterocycles. The molecule has 0 amide bonds. The molecule has 0 bridgehead atoms. The van der Waals surface area contributed by atoms with Crippen LogP contribution in [0.1, 0.15) is 16.8 Å². The number of nitrogens with two attached hydrogens (primary N) is 1. The Morgan fingerprint density at radius 3 is 2.50 bits per heavy atom. The van der Waals surface area contributed by atoms with Crippen LogP contribution in [0, 0.1) is 12.3 Å². The third kappa shape index (κ3) is 2.49. The molecule has 0 saturated carbocycles. The number of hydrogen-bond donors (Lipinski definition) is 2. The monoisotopic (exact) mass is 279 g/mol. The SMILES string of the molecule is Cc1ncccc1-c1cc(C(F)(F)F)cc(N)c1C=N. The molecule has 1 aromatic heterocycles. The highest BCUT2D eigenvalue weighted by molar-refractivity contribution is 5.95. The Hall–Kier alpha value is -2.37. The highest BCUT2D eigenvalue weighted by Gasteiger charge is 2.32. The van der Waals surface area contributed by atoms with Crippen LogP contribution in [0.25, 0.3) is 11.1 Å². The van der Waals surface area contributed by atoms with Gasteiger partial charge < -0.3 is 11.1 Å². The fourth-order valence-electron chi connectivity index (χ4n) is 1.99. The molecular weight excluding hydrogens is 267 g/mol. The molecule has 3 N–H and O–H groups in total. The molecule has 0 unspecified atom stereocenters. The number of nitrogens with one attached hydrogen (secondary N) is 1. The number of halogens is 3. The number of nitrogen functional groups attached to an aromatic ring is 1. The Morgan fingerprint density at radius 2 is 1.95 bits per heavy atom. The Morgan fingerprint density at radius 1 is 1.25 bits per heavy atom. The second-order valence-corrected chi connectivity index (χ2v) is 4.31. The molecule has 0 aliphatic rings. The van der Waals surface area contributed by atoms with E-state index in [4.69, 9.17) is 11.1 Å². The van der Waals surface area contributed by atoms with E-state index in [0.29, 0.717) is 11.3 Å². The number of anilines is 1. The molecular formula is C14H12F3N3. The van der Waals surface area contributed by atoms with E-state index in [1.807, 2.05) is 0 Å². The molecule has 3 nitrogen and oxygen atoms in total. The predicted octanol–water partition coefficient (Wildman–Crippen LogP) is 3.66. The maximum atomic E-state index is 12.9. The van der Waals surface area contributed by atoms with Crippen LogP contribution < -0.4 is 5.73 Å². The van der Waals surface area contributed by atoms with Gasteiger partial charge in [-0.05, 0) is 30.7 Å². The normalized spacial score (nSPS) is 11.4. The van der Waals surface area contributed by atoms with Gasteiger partial charge in [0, 0.05) is 34.9 Å². The van der Waals surface area contributed by atoms with Gasteiger partial charge in [-0.3, -0.25) is 4.98 Å². The van der Waals surface area contributed by atoms with Gasteiger partial charge in [0.25, 0.3) is 0 Å². The summed E-state index contributed by atoms with van der Waals surface area (Å²) in [4.78, 5) is 4.06. The highest BCUT2D eigenvalue weighted by Crippen LogP contribution is 2.36. The molecule has 0 saturated heterocycles. The first kappa shape index (κ1) is 14.0. The molecule has 0 aliphatic carbocycles. The zero-order chi connectivity index (χ0) is 14.9. The summed E-state index contributed by atoms with van der Waals surface area (Å²) in [5, 5.41) is 7.36. The van der Waals surface area contributed by atoms with Crippen molar-refractivity contribution in [2.45, 2.75) is 13.1 Å². The lowest BCUT2D eigenvalue weighted by atomic mass is 9.95. The van der Waals surface area contributed by atoms with E-state index in [1.165, 1.54) is 0 Å². The van der Waals surface area contributed by atoms with Crippen LogP contribution in [0.5, 0.6) is 0 Å². The quantitative estimate of drug-likeness (QED) is 0.651. The van der Waals surface area contributed by atoms with Crippen molar-refractivity contribution in [3.63, 3.8) is 0 Å². The van der Waals surface area contributed by atoms with Crippen molar-refractivity contribution in [3.05, 3.63) is 47.3 Å². The Bertz CT molecular complexity index is 663. The van der Waals surface area contributed by atoms with E-state index >= 15 is 0 Å². The van der Waals surface area contributed by atoms with Gasteiger partial charge in [-0.25, -0.2) is 0 Å². The predicted molar refractivity (Wildman–Crippen MR) is 71.7 cm³/mol. The summed E-state index contributed by atoms with van der Waals surface area (Å²) in [6, 6.07) is 5.13. The average Bonchev–Trinajstić information content (AvgIpc) is 2.37. The van der Waals surface area contributed by atoms with Gasteiger partial charge in [-0.15, -0.1) is 0 Å². The van der Waals surface area contributed by atoms with Crippen LogP contribution in [0.2, 0.25) is 0 Å². The maximum Gasteiger partial charge on any atom is 0.416 e. The zero-order valence-electron chi connectivity index (χ0n) is 10.6. The number of nitrogens with zero attached hydrogens (tertiary/aromatic N) is 1. The van der Waals surface area contributed by atoms with E-state index in [1.54, 1.807) is 25.3 Å². The van der Waals surface area contributed by atoms with Gasteiger partial charge in [0.05, 0.1) is 5.56 Å². The van der Waals surface area contributed by atoms with Crippen molar-refractivity contribution in [2.24, 2.45) is 0 Å². The summed E-state index contributed by atoms with van der Waals surface area (Å²) in [6.45, 7) is 1.69. The molecule has 0 aliphatic heterocycles. The lowest BCUT2D eigenvalue weighted by molar-refractivity contribution is -0.137. The third-order valence-electron chi connectivity index (χ3n) is 2.98. The smallest absolute Gasteiger partial charge is 0.398 e. The molecule has 104 valence electrons. The largest absolute Gasteiger partial charge is 0.416 e. The van der Waals surface area contributed by atoms with E-state index in [2.05, 4.69) is 4.98 Å². The topological polar surface area (TPSA) is 62.8 Å². The van der Waals surface area contributed by atoms with Crippen molar-refractivity contribution in [2.75, 3.05) is 5.73 Å². The zero-order valence-corrected chi connectivity index (χ0v) is 10.6. The molecule has 2 rings (SSSR count). The van der Waals surface area contributed by atoms with Crippen LogP contribution in [-0.4, -0.2) is 11.2 Å². The Balaban J connectivity index is 2.77. The number of hydrogen-bond acceptors (Lipinski definition) is 3. The van der Waals surface area contributed by atoms with E-state index in [9.17, 15) is 13.2 Å². The summed E-state index contributed by atoms with van der Waals surface area (Å²) in [7, 11) is 0. The first-order chi connectivity index (χ1) is 9.34. The highest BCUT2D eigenvalue weighted by atomic mass is 19.4. The molecule has 1 aromatic carbocycles. The molecule has 6 heteroatoms. The van der Waals surface area contributed by atoms with E-state index in [0.717, 1.165) is 18.3 Å². The van der Waals surface area contributed by atoms with E-state index < -0.39 is 11.7 Å². The van der Waals surface area contributed by atoms with Crippen molar-refractivity contribution in [3.8, 4) is 11.1 Å². The number of rotatable bonds is 2. The van der Waals surface area contributed by atoms with Gasteiger partial charge in [0.2, 0.25) is 0 Å². The molecule has 20 heavy (non-hydrogen) atoms. The minimum atomic E-state index is -4.49. The molecule has 0 atom stereocenters. The van der Waals surface area contributed by atoms with Crippen molar-refractivity contribution < 1.29 is 13.2 Å². The molecule has 0 spiro atoms. The first-order valence-electron chi connectivity index (χ1n) is 5.77. The number of pyridine rings is 1. The van der Waals surface area contributed by atoms with Crippen LogP contribution in [0.15, 0.2) is 30.5 Å². The number of aryl methyl sites for hydroxylation is 1. The molecule has 0 radical (unpaired) electrons. The average molecular weight is 279 g/mol. The van der Waals surface area contributed by atoms with Gasteiger partial charge in [0.1, 0.15) is 0 Å². The second kappa shape index (κ2) is 4.96. The van der Waals surface area contributed by atoms with Gasteiger partial charge in [0.15, 0.2) is 0 Å². The minimum Gasteiger partial charge on any atom is -0.398 e. The fourth-order valence-corrected chi connectivity index (χ4v) is 1.99. The van der Waals surface area contributed by atoms with Crippen molar-refractivity contribution in [1.82, 2.24) is 4.98 Å². The Labute approximate surface area is 113 Å². The van der Waals surface area contributed by atoms with Gasteiger partial charge >= 0.3 is 6.18 Å².